The molecule has 1 aliphatic rings. The van der Waals surface area contributed by atoms with E-state index in [0.717, 1.165) is 10.6 Å². The molecular formula is C14H12N2O3. The first kappa shape index (κ1) is 11.5. The fourth-order valence-corrected chi connectivity index (χ4v) is 2.11. The Morgan fingerprint density at radius 2 is 2.21 bits per heavy atom. The fraction of sp³-hybridized carbons (Fsp3) is 0.143. The van der Waals surface area contributed by atoms with Crippen LogP contribution in [-0.2, 0) is 6.54 Å². The van der Waals surface area contributed by atoms with Crippen LogP contribution in [0.1, 0.15) is 16.1 Å². The van der Waals surface area contributed by atoms with Gasteiger partial charge in [0.15, 0.2) is 0 Å². The first-order valence-electron chi connectivity index (χ1n) is 5.89. The molecule has 0 saturated heterocycles. The number of carboxylic acid groups (broad SMARTS) is 1. The van der Waals surface area contributed by atoms with Crippen LogP contribution < -0.4 is 10.6 Å². The number of fused-ring (bicyclic) bond motifs is 1. The number of para-hydroxylation sites is 1. The molecule has 3 rings (SSSR count). The molecule has 96 valence electrons. The highest BCUT2D eigenvalue weighted by Crippen LogP contribution is 2.14. The zero-order valence-electron chi connectivity index (χ0n) is 10.1. The van der Waals surface area contributed by atoms with Gasteiger partial charge in [0.2, 0.25) is 5.76 Å². The Labute approximate surface area is 109 Å². The zero-order valence-corrected chi connectivity index (χ0v) is 10.1. The summed E-state index contributed by atoms with van der Waals surface area (Å²) in [7, 11) is 0. The van der Waals surface area contributed by atoms with Crippen LogP contribution in [0.5, 0.6) is 0 Å². The molecule has 0 aliphatic carbocycles. The quantitative estimate of drug-likeness (QED) is 0.882. The predicted molar refractivity (Wildman–Crippen MR) is 67.8 cm³/mol. The van der Waals surface area contributed by atoms with E-state index in [1.54, 1.807) is 6.07 Å². The van der Waals surface area contributed by atoms with Crippen molar-refractivity contribution in [3.8, 4) is 0 Å². The molecule has 0 unspecified atom stereocenters. The molecule has 1 aromatic heterocycles. The summed E-state index contributed by atoms with van der Waals surface area (Å²) in [4.78, 5) is 17.4. The summed E-state index contributed by atoms with van der Waals surface area (Å²) in [6.07, 6.45) is 3.38. The number of furan rings is 1. The van der Waals surface area contributed by atoms with E-state index in [-0.39, 0.29) is 5.76 Å². The van der Waals surface area contributed by atoms with Gasteiger partial charge in [-0.25, -0.2) is 4.79 Å². The lowest BCUT2D eigenvalue weighted by Crippen LogP contribution is -2.35. The molecule has 2 aromatic rings. The minimum Gasteiger partial charge on any atom is -0.475 e. The summed E-state index contributed by atoms with van der Waals surface area (Å²) in [5.74, 6) is -1.05. The minimum atomic E-state index is -1.05. The molecule has 0 spiro atoms. The number of hydrogen-bond acceptors (Lipinski definition) is 4. The third-order valence-corrected chi connectivity index (χ3v) is 3.00. The molecule has 0 amide bonds. The van der Waals surface area contributed by atoms with Crippen molar-refractivity contribution < 1.29 is 14.3 Å². The molecule has 0 radical (unpaired) electrons. The van der Waals surface area contributed by atoms with Crippen molar-refractivity contribution in [1.82, 2.24) is 4.90 Å². The van der Waals surface area contributed by atoms with Crippen LogP contribution in [0.15, 0.2) is 46.0 Å². The molecule has 5 nitrogen and oxygen atoms in total. The lowest BCUT2D eigenvalue weighted by molar-refractivity contribution is 0.0660. The van der Waals surface area contributed by atoms with Crippen LogP contribution >= 0.6 is 0 Å². The largest absolute Gasteiger partial charge is 0.475 e. The SMILES string of the molecule is O=C(O)c1occc1CN1C=c2ccccc2=NC1. The Balaban J connectivity index is 1.88. The normalized spacial score (nSPS) is 13.4. The molecule has 1 aromatic carbocycles. The van der Waals surface area contributed by atoms with Crippen molar-refractivity contribution in [3.63, 3.8) is 0 Å². The van der Waals surface area contributed by atoms with Crippen molar-refractivity contribution in [3.05, 3.63) is 58.5 Å². The monoisotopic (exact) mass is 256 g/mol. The van der Waals surface area contributed by atoms with Crippen LogP contribution in [0.4, 0.5) is 0 Å². The van der Waals surface area contributed by atoms with Crippen molar-refractivity contribution in [1.29, 1.82) is 0 Å². The van der Waals surface area contributed by atoms with Gasteiger partial charge >= 0.3 is 5.97 Å². The predicted octanol–water partition coefficient (Wildman–Crippen LogP) is 0.809. The minimum absolute atomic E-state index is 0.00717. The summed E-state index contributed by atoms with van der Waals surface area (Å²) in [5, 5.41) is 11.0. The molecule has 2 heterocycles. The number of hydrogen-bond donors (Lipinski definition) is 1. The van der Waals surface area contributed by atoms with E-state index in [2.05, 4.69) is 4.99 Å². The zero-order chi connectivity index (χ0) is 13.2. The van der Waals surface area contributed by atoms with Crippen molar-refractivity contribution in [2.75, 3.05) is 6.67 Å². The smallest absolute Gasteiger partial charge is 0.372 e. The molecule has 0 fully saturated rings. The van der Waals surface area contributed by atoms with E-state index >= 15 is 0 Å². The van der Waals surface area contributed by atoms with Crippen LogP contribution in [0, 0.1) is 0 Å². The summed E-state index contributed by atoms with van der Waals surface area (Å²) in [6.45, 7) is 0.983. The van der Waals surface area contributed by atoms with E-state index in [1.165, 1.54) is 6.26 Å². The van der Waals surface area contributed by atoms with Gasteiger partial charge in [-0.05, 0) is 12.1 Å². The molecule has 5 heteroatoms. The Morgan fingerprint density at radius 1 is 1.37 bits per heavy atom. The van der Waals surface area contributed by atoms with E-state index in [1.807, 2.05) is 35.4 Å². The average molecular weight is 256 g/mol. The highest BCUT2D eigenvalue weighted by atomic mass is 16.4. The molecular weight excluding hydrogens is 244 g/mol. The lowest BCUT2D eigenvalue weighted by atomic mass is 10.2. The van der Waals surface area contributed by atoms with Gasteiger partial charge < -0.3 is 14.4 Å². The van der Waals surface area contributed by atoms with Gasteiger partial charge in [-0.15, -0.1) is 0 Å². The third-order valence-electron chi connectivity index (χ3n) is 3.00. The highest BCUT2D eigenvalue weighted by Gasteiger charge is 2.16. The van der Waals surface area contributed by atoms with E-state index in [4.69, 9.17) is 9.52 Å². The number of rotatable bonds is 3. The molecule has 19 heavy (non-hydrogen) atoms. The Kier molecular flexibility index (Phi) is 2.79. The second kappa shape index (κ2) is 4.61. The summed E-state index contributed by atoms with van der Waals surface area (Å²) in [6, 6.07) is 9.53. The maximum absolute atomic E-state index is 11.0. The third kappa shape index (κ3) is 2.22. The fourth-order valence-electron chi connectivity index (χ4n) is 2.11. The molecule has 0 bridgehead atoms. The van der Waals surface area contributed by atoms with E-state index < -0.39 is 5.97 Å². The van der Waals surface area contributed by atoms with Crippen molar-refractivity contribution in [2.24, 2.45) is 4.99 Å². The number of benzene rings is 1. The molecule has 0 atom stereocenters. The lowest BCUT2D eigenvalue weighted by Gasteiger charge is -2.20. The summed E-state index contributed by atoms with van der Waals surface area (Å²) < 4.78 is 4.97. The number of carboxylic acids is 1. The first-order chi connectivity index (χ1) is 9.24. The topological polar surface area (TPSA) is 66.0 Å². The number of carbonyl (C=O) groups is 1. The number of nitrogens with zero attached hydrogens (tertiary/aromatic N) is 2. The first-order valence-corrected chi connectivity index (χ1v) is 5.89. The van der Waals surface area contributed by atoms with Gasteiger partial charge in [-0.3, -0.25) is 4.99 Å². The van der Waals surface area contributed by atoms with Gasteiger partial charge in [0, 0.05) is 23.5 Å². The van der Waals surface area contributed by atoms with E-state index in [9.17, 15) is 4.79 Å². The second-order valence-electron chi connectivity index (χ2n) is 4.31. The second-order valence-corrected chi connectivity index (χ2v) is 4.31. The summed E-state index contributed by atoms with van der Waals surface area (Å²) in [5.41, 5.74) is 0.651. The van der Waals surface area contributed by atoms with Crippen molar-refractivity contribution in [2.45, 2.75) is 6.54 Å². The average Bonchev–Trinajstić information content (AvgIpc) is 2.87. The maximum Gasteiger partial charge on any atom is 0.372 e. The van der Waals surface area contributed by atoms with E-state index in [0.29, 0.717) is 18.8 Å². The van der Waals surface area contributed by atoms with Crippen LogP contribution in [-0.4, -0.2) is 22.6 Å². The molecule has 0 saturated carbocycles. The summed E-state index contributed by atoms with van der Waals surface area (Å²) >= 11 is 0. The molecule has 1 N–H and O–H groups in total. The van der Waals surface area contributed by atoms with Gasteiger partial charge in [-0.1, -0.05) is 18.2 Å². The standard InChI is InChI=1S/C14H12N2O3/c17-14(18)13-11(5-6-19-13)8-16-7-10-3-1-2-4-12(10)15-9-16/h1-7H,8-9H2,(H,17,18). The van der Waals surface area contributed by atoms with Crippen molar-refractivity contribution >= 4 is 12.2 Å². The number of aromatic carboxylic acids is 1. The van der Waals surface area contributed by atoms with Crippen LogP contribution in [0.25, 0.3) is 6.20 Å². The van der Waals surface area contributed by atoms with Gasteiger partial charge in [0.05, 0.1) is 11.6 Å². The highest BCUT2D eigenvalue weighted by molar-refractivity contribution is 5.86. The maximum atomic E-state index is 11.0. The Bertz CT molecular complexity index is 733. The Morgan fingerprint density at radius 3 is 3.05 bits per heavy atom. The van der Waals surface area contributed by atoms with Gasteiger partial charge in [-0.2, -0.15) is 0 Å². The van der Waals surface area contributed by atoms with Gasteiger partial charge in [0.25, 0.3) is 0 Å². The molecule has 1 aliphatic heterocycles. The van der Waals surface area contributed by atoms with Crippen LogP contribution in [0.3, 0.4) is 0 Å². The van der Waals surface area contributed by atoms with Gasteiger partial charge in [0.1, 0.15) is 6.67 Å². The Hall–Kier alpha value is -2.56. The van der Waals surface area contributed by atoms with Crippen LogP contribution in [0.2, 0.25) is 0 Å².